The second-order valence-corrected chi connectivity index (χ2v) is 6.07. The molecule has 0 bridgehead atoms. The number of rotatable bonds is 2. The van der Waals surface area contributed by atoms with E-state index < -0.39 is 0 Å². The zero-order valence-corrected chi connectivity index (χ0v) is 14.0. The fourth-order valence-corrected chi connectivity index (χ4v) is 3.01. The summed E-state index contributed by atoms with van der Waals surface area (Å²) in [6, 6.07) is 0. The van der Waals surface area contributed by atoms with Crippen molar-refractivity contribution in [2.24, 2.45) is 0 Å². The van der Waals surface area contributed by atoms with Crippen molar-refractivity contribution in [1.82, 2.24) is 19.5 Å². The summed E-state index contributed by atoms with van der Waals surface area (Å²) < 4.78 is 1.97. The molecule has 0 saturated carbocycles. The Morgan fingerprint density at radius 3 is 2.59 bits per heavy atom. The van der Waals surface area contributed by atoms with Gasteiger partial charge in [0.1, 0.15) is 10.8 Å². The van der Waals surface area contributed by atoms with E-state index in [2.05, 4.69) is 15.0 Å². The van der Waals surface area contributed by atoms with Gasteiger partial charge in [0, 0.05) is 17.4 Å². The number of nitrogen functional groups attached to an aromatic ring is 1. The monoisotopic (exact) mass is 335 g/mol. The molecule has 0 aliphatic carbocycles. The number of fused-ring (bicyclic) bond motifs is 1. The number of hydrogen-bond donors (Lipinski definition) is 1. The third-order valence-corrected chi connectivity index (χ3v) is 4.58. The first kappa shape index (κ1) is 15.1. The van der Waals surface area contributed by atoms with Crippen molar-refractivity contribution in [3.05, 3.63) is 45.0 Å². The van der Waals surface area contributed by atoms with E-state index in [4.69, 9.17) is 28.9 Å². The number of aryl methyl sites for hydroxylation is 2. The highest BCUT2D eigenvalue weighted by molar-refractivity contribution is 6.34. The van der Waals surface area contributed by atoms with Crippen LogP contribution in [0.4, 0.5) is 5.95 Å². The second-order valence-electron chi connectivity index (χ2n) is 5.34. The molecular weight excluding hydrogens is 321 g/mol. The van der Waals surface area contributed by atoms with Gasteiger partial charge in [0.25, 0.3) is 0 Å². The first-order valence-electron chi connectivity index (χ1n) is 6.77. The number of nitrogens with two attached hydrogens (primary N) is 1. The van der Waals surface area contributed by atoms with Gasteiger partial charge in [-0.25, -0.2) is 4.98 Å². The van der Waals surface area contributed by atoms with Crippen LogP contribution in [0.25, 0.3) is 11.0 Å². The van der Waals surface area contributed by atoms with Gasteiger partial charge in [-0.1, -0.05) is 23.2 Å². The molecule has 0 atom stereocenters. The van der Waals surface area contributed by atoms with Crippen LogP contribution in [0.1, 0.15) is 22.4 Å². The van der Waals surface area contributed by atoms with Crippen molar-refractivity contribution in [3.63, 3.8) is 0 Å². The van der Waals surface area contributed by atoms with Crippen LogP contribution in [0, 0.1) is 20.8 Å². The topological polar surface area (TPSA) is 69.6 Å². The molecule has 0 saturated heterocycles. The first-order chi connectivity index (χ1) is 10.4. The maximum absolute atomic E-state index is 6.31. The molecule has 114 valence electrons. The summed E-state index contributed by atoms with van der Waals surface area (Å²) in [5.41, 5.74) is 10.2. The minimum Gasteiger partial charge on any atom is -0.368 e. The predicted octanol–water partition coefficient (Wildman–Crippen LogP) is 3.69. The maximum Gasteiger partial charge on any atom is 0.223 e. The largest absolute Gasteiger partial charge is 0.368 e. The van der Waals surface area contributed by atoms with Crippen LogP contribution in [-0.2, 0) is 6.54 Å². The standard InChI is InChI=1S/C15H15Cl2N5/c1-7-4-19-10(9(3)12(7)16)6-22-5-8(2)11-13(17)20-15(18)21-14(11)22/h4-5H,6H2,1-3H3,(H2,18,20,21). The normalized spacial score (nSPS) is 11.3. The lowest BCUT2D eigenvalue weighted by molar-refractivity contribution is 0.787. The number of nitrogens with zero attached hydrogens (tertiary/aromatic N) is 4. The van der Waals surface area contributed by atoms with E-state index in [0.717, 1.165) is 32.8 Å². The molecule has 7 heteroatoms. The van der Waals surface area contributed by atoms with E-state index in [0.29, 0.717) is 17.3 Å². The van der Waals surface area contributed by atoms with Crippen molar-refractivity contribution < 1.29 is 0 Å². The molecule has 3 heterocycles. The number of anilines is 1. The van der Waals surface area contributed by atoms with E-state index in [-0.39, 0.29) is 5.95 Å². The summed E-state index contributed by atoms with van der Waals surface area (Å²) in [6.45, 7) is 6.41. The second kappa shape index (κ2) is 5.41. The van der Waals surface area contributed by atoms with Gasteiger partial charge in [-0.15, -0.1) is 0 Å². The van der Waals surface area contributed by atoms with Gasteiger partial charge in [0.2, 0.25) is 5.95 Å². The average molecular weight is 336 g/mol. The Kier molecular flexibility index (Phi) is 3.70. The van der Waals surface area contributed by atoms with Gasteiger partial charge in [0.15, 0.2) is 0 Å². The number of aromatic nitrogens is 4. The molecule has 0 fully saturated rings. The van der Waals surface area contributed by atoms with E-state index in [1.165, 1.54) is 0 Å². The molecule has 0 amide bonds. The van der Waals surface area contributed by atoms with E-state index in [1.807, 2.05) is 31.5 Å². The minimum absolute atomic E-state index is 0.156. The molecule has 2 N–H and O–H groups in total. The lowest BCUT2D eigenvalue weighted by Crippen LogP contribution is -2.06. The molecule has 5 nitrogen and oxygen atoms in total. The Labute approximate surface area is 138 Å². The molecule has 0 unspecified atom stereocenters. The SMILES string of the molecule is Cc1cnc(Cn2cc(C)c3c(Cl)nc(N)nc32)c(C)c1Cl. The lowest BCUT2D eigenvalue weighted by atomic mass is 10.1. The van der Waals surface area contributed by atoms with Crippen LogP contribution < -0.4 is 5.73 Å². The molecule has 3 aromatic rings. The molecule has 0 spiro atoms. The van der Waals surface area contributed by atoms with Gasteiger partial charge in [-0.3, -0.25) is 4.98 Å². The van der Waals surface area contributed by atoms with Gasteiger partial charge < -0.3 is 10.3 Å². The summed E-state index contributed by atoms with van der Waals surface area (Å²) in [5.74, 6) is 0.156. The van der Waals surface area contributed by atoms with Crippen LogP contribution in [0.15, 0.2) is 12.4 Å². The summed E-state index contributed by atoms with van der Waals surface area (Å²) in [6.07, 6.45) is 3.75. The molecule has 0 radical (unpaired) electrons. The zero-order valence-electron chi connectivity index (χ0n) is 12.5. The highest BCUT2D eigenvalue weighted by Gasteiger charge is 2.15. The Hall–Kier alpha value is -1.85. The molecule has 0 aliphatic heterocycles. The Morgan fingerprint density at radius 2 is 1.86 bits per heavy atom. The Bertz CT molecular complexity index is 886. The van der Waals surface area contributed by atoms with Gasteiger partial charge in [-0.2, -0.15) is 4.98 Å². The quantitative estimate of drug-likeness (QED) is 0.725. The van der Waals surface area contributed by atoms with Crippen molar-refractivity contribution in [2.75, 3.05) is 5.73 Å². The van der Waals surface area contributed by atoms with Crippen molar-refractivity contribution in [2.45, 2.75) is 27.3 Å². The smallest absolute Gasteiger partial charge is 0.223 e. The summed E-state index contributed by atoms with van der Waals surface area (Å²) >= 11 is 12.5. The van der Waals surface area contributed by atoms with E-state index >= 15 is 0 Å². The first-order valence-corrected chi connectivity index (χ1v) is 7.53. The van der Waals surface area contributed by atoms with Crippen molar-refractivity contribution >= 4 is 40.2 Å². The van der Waals surface area contributed by atoms with Crippen LogP contribution in [0.2, 0.25) is 10.2 Å². The van der Waals surface area contributed by atoms with Crippen molar-refractivity contribution in [3.8, 4) is 0 Å². The molecular formula is C15H15Cl2N5. The third kappa shape index (κ3) is 2.40. The number of hydrogen-bond acceptors (Lipinski definition) is 4. The van der Waals surface area contributed by atoms with Gasteiger partial charge in [0.05, 0.1) is 17.6 Å². The van der Waals surface area contributed by atoms with Gasteiger partial charge >= 0.3 is 0 Å². The fourth-order valence-electron chi connectivity index (χ4n) is 2.54. The third-order valence-electron chi connectivity index (χ3n) is 3.72. The van der Waals surface area contributed by atoms with Crippen LogP contribution in [0.5, 0.6) is 0 Å². The zero-order chi connectivity index (χ0) is 16.0. The molecule has 3 aromatic heterocycles. The van der Waals surface area contributed by atoms with Crippen LogP contribution in [0.3, 0.4) is 0 Å². The van der Waals surface area contributed by atoms with Crippen LogP contribution >= 0.6 is 23.2 Å². The van der Waals surface area contributed by atoms with Gasteiger partial charge in [-0.05, 0) is 37.5 Å². The highest BCUT2D eigenvalue weighted by Crippen LogP contribution is 2.28. The van der Waals surface area contributed by atoms with Crippen molar-refractivity contribution in [1.29, 1.82) is 0 Å². The molecule has 0 aliphatic rings. The summed E-state index contributed by atoms with van der Waals surface area (Å²) in [4.78, 5) is 12.8. The molecule has 3 rings (SSSR count). The number of pyridine rings is 1. The fraction of sp³-hybridized carbons (Fsp3) is 0.267. The predicted molar refractivity (Wildman–Crippen MR) is 89.5 cm³/mol. The minimum atomic E-state index is 0.156. The molecule has 22 heavy (non-hydrogen) atoms. The summed E-state index contributed by atoms with van der Waals surface area (Å²) in [7, 11) is 0. The lowest BCUT2D eigenvalue weighted by Gasteiger charge is -2.10. The Morgan fingerprint density at radius 1 is 1.14 bits per heavy atom. The number of halogens is 2. The molecule has 0 aromatic carbocycles. The average Bonchev–Trinajstić information content (AvgIpc) is 2.76. The van der Waals surface area contributed by atoms with E-state index in [1.54, 1.807) is 6.20 Å². The van der Waals surface area contributed by atoms with Crippen LogP contribution in [-0.4, -0.2) is 19.5 Å². The highest BCUT2D eigenvalue weighted by atomic mass is 35.5. The van der Waals surface area contributed by atoms with E-state index in [9.17, 15) is 0 Å². The Balaban J connectivity index is 2.14. The summed E-state index contributed by atoms with van der Waals surface area (Å²) in [5, 5.41) is 1.92. The maximum atomic E-state index is 6.31.